The zero-order chi connectivity index (χ0) is 18.7. The molecule has 1 unspecified atom stereocenters. The number of fused-ring (bicyclic) bond motifs is 1. The third-order valence-electron chi connectivity index (χ3n) is 4.15. The largest absolute Gasteiger partial charge is 0.325 e. The van der Waals surface area contributed by atoms with Gasteiger partial charge in [-0.15, -0.1) is 11.3 Å². The number of hydrogen-bond donors (Lipinski definition) is 1. The lowest BCUT2D eigenvalue weighted by molar-refractivity contribution is -0.113. The Balaban J connectivity index is 1.81. The topological polar surface area (TPSA) is 64.0 Å². The molecule has 0 saturated carbocycles. The highest BCUT2D eigenvalue weighted by atomic mass is 32.2. The molecule has 26 heavy (non-hydrogen) atoms. The number of carbonyl (C=O) groups is 1. The molecule has 0 aliphatic carbocycles. The van der Waals surface area contributed by atoms with Crippen LogP contribution >= 0.6 is 23.1 Å². The van der Waals surface area contributed by atoms with Crippen LogP contribution < -0.4 is 10.9 Å². The van der Waals surface area contributed by atoms with Crippen LogP contribution in [-0.4, -0.2) is 21.2 Å². The van der Waals surface area contributed by atoms with E-state index in [0.717, 1.165) is 17.7 Å². The Morgan fingerprint density at radius 3 is 2.92 bits per heavy atom. The molecule has 0 saturated heterocycles. The number of hydrogen-bond acceptors (Lipinski definition) is 5. The molecule has 0 bridgehead atoms. The molecule has 0 radical (unpaired) electrons. The quantitative estimate of drug-likeness (QED) is 0.501. The Hall–Kier alpha value is -2.12. The van der Waals surface area contributed by atoms with Gasteiger partial charge in [-0.1, -0.05) is 30.8 Å². The molecule has 3 rings (SSSR count). The zero-order valence-corrected chi connectivity index (χ0v) is 16.6. The number of nitrogens with one attached hydrogen (secondary N) is 1. The van der Waals surface area contributed by atoms with Crippen LogP contribution in [0.1, 0.15) is 31.9 Å². The molecule has 1 amide bonds. The van der Waals surface area contributed by atoms with Crippen LogP contribution in [0.25, 0.3) is 10.2 Å². The predicted octanol–water partition coefficient (Wildman–Crippen LogP) is 4.47. The van der Waals surface area contributed by atoms with E-state index >= 15 is 0 Å². The number of aromatic nitrogens is 2. The molecule has 0 fully saturated rings. The van der Waals surface area contributed by atoms with Crippen LogP contribution in [-0.2, 0) is 4.79 Å². The summed E-state index contributed by atoms with van der Waals surface area (Å²) in [7, 11) is 0. The van der Waals surface area contributed by atoms with Crippen LogP contribution in [0, 0.1) is 6.92 Å². The van der Waals surface area contributed by atoms with Gasteiger partial charge in [0.2, 0.25) is 5.91 Å². The third kappa shape index (κ3) is 3.99. The van der Waals surface area contributed by atoms with Gasteiger partial charge in [0.15, 0.2) is 5.16 Å². The van der Waals surface area contributed by atoms with Gasteiger partial charge in [0.1, 0.15) is 4.70 Å². The molecule has 2 heterocycles. The number of aryl methyl sites for hydroxylation is 1. The van der Waals surface area contributed by atoms with Crippen molar-refractivity contribution in [1.82, 2.24) is 9.55 Å². The maximum Gasteiger partial charge on any atom is 0.272 e. The Morgan fingerprint density at radius 2 is 2.19 bits per heavy atom. The van der Waals surface area contributed by atoms with Crippen LogP contribution in [0.2, 0.25) is 0 Å². The Bertz CT molecular complexity index is 994. The van der Waals surface area contributed by atoms with E-state index in [1.807, 2.05) is 56.5 Å². The highest BCUT2D eigenvalue weighted by Gasteiger charge is 2.17. The number of rotatable bonds is 6. The molecular formula is C19H21N3O2S2. The van der Waals surface area contributed by atoms with E-state index in [1.165, 1.54) is 23.1 Å². The first kappa shape index (κ1) is 18.7. The smallest absolute Gasteiger partial charge is 0.272 e. The van der Waals surface area contributed by atoms with E-state index in [-0.39, 0.29) is 23.3 Å². The molecule has 5 nitrogen and oxygen atoms in total. The minimum atomic E-state index is -0.115. The fourth-order valence-corrected chi connectivity index (χ4v) is 4.29. The molecule has 0 aliphatic heterocycles. The van der Waals surface area contributed by atoms with Crippen molar-refractivity contribution in [3.05, 3.63) is 51.6 Å². The normalized spacial score (nSPS) is 12.3. The van der Waals surface area contributed by atoms with Crippen LogP contribution in [0.3, 0.4) is 0 Å². The number of carbonyl (C=O) groups excluding carboxylic acids is 1. The van der Waals surface area contributed by atoms with Gasteiger partial charge in [-0.3, -0.25) is 14.2 Å². The van der Waals surface area contributed by atoms with Crippen LogP contribution in [0.5, 0.6) is 0 Å². The molecule has 7 heteroatoms. The lowest BCUT2D eigenvalue weighted by Crippen LogP contribution is -2.26. The minimum Gasteiger partial charge on any atom is -0.325 e. The SMILES string of the molecule is CCC(C)n1c(SCC(=O)Nc2cccc(C)c2)nc2ccsc2c1=O. The minimum absolute atomic E-state index is 0.0269. The van der Waals surface area contributed by atoms with Crippen molar-refractivity contribution in [3.63, 3.8) is 0 Å². The first-order valence-corrected chi connectivity index (χ1v) is 10.3. The maximum atomic E-state index is 12.8. The van der Waals surface area contributed by atoms with Gasteiger partial charge >= 0.3 is 0 Å². The summed E-state index contributed by atoms with van der Waals surface area (Å²) in [4.78, 5) is 29.7. The van der Waals surface area contributed by atoms with Crippen molar-refractivity contribution in [1.29, 1.82) is 0 Å². The monoisotopic (exact) mass is 387 g/mol. The number of nitrogens with zero attached hydrogens (tertiary/aromatic N) is 2. The average Bonchev–Trinajstić information content (AvgIpc) is 3.08. The van der Waals surface area contributed by atoms with E-state index < -0.39 is 0 Å². The van der Waals surface area contributed by atoms with Gasteiger partial charge < -0.3 is 5.32 Å². The Morgan fingerprint density at radius 1 is 1.38 bits per heavy atom. The fourth-order valence-electron chi connectivity index (χ4n) is 2.63. The third-order valence-corrected chi connectivity index (χ3v) is 5.99. The number of benzene rings is 1. The summed E-state index contributed by atoms with van der Waals surface area (Å²) in [6, 6.07) is 9.55. The number of amides is 1. The Labute approximate surface area is 160 Å². The summed E-state index contributed by atoms with van der Waals surface area (Å²) in [5.41, 5.74) is 2.53. The van der Waals surface area contributed by atoms with E-state index in [2.05, 4.69) is 10.3 Å². The second-order valence-corrected chi connectivity index (χ2v) is 8.03. The van der Waals surface area contributed by atoms with E-state index in [4.69, 9.17) is 0 Å². The van der Waals surface area contributed by atoms with Crippen molar-refractivity contribution < 1.29 is 4.79 Å². The second kappa shape index (κ2) is 8.05. The van der Waals surface area contributed by atoms with Crippen LogP contribution in [0.15, 0.2) is 45.7 Å². The molecule has 0 spiro atoms. The number of anilines is 1. The first-order valence-electron chi connectivity index (χ1n) is 8.48. The summed E-state index contributed by atoms with van der Waals surface area (Å²) in [5.74, 6) is 0.0860. The van der Waals surface area contributed by atoms with Crippen LogP contribution in [0.4, 0.5) is 5.69 Å². The Kier molecular flexibility index (Phi) is 5.78. The van der Waals surface area contributed by atoms with E-state index in [1.54, 1.807) is 4.57 Å². The summed E-state index contributed by atoms with van der Waals surface area (Å²) >= 11 is 2.71. The molecular weight excluding hydrogens is 366 g/mol. The van der Waals surface area contributed by atoms with Gasteiger partial charge in [-0.2, -0.15) is 0 Å². The molecule has 0 aliphatic rings. The summed E-state index contributed by atoms with van der Waals surface area (Å²) in [5, 5.41) is 5.36. The van der Waals surface area contributed by atoms with E-state index in [9.17, 15) is 9.59 Å². The van der Waals surface area contributed by atoms with Gasteiger partial charge in [0.25, 0.3) is 5.56 Å². The van der Waals surface area contributed by atoms with E-state index in [0.29, 0.717) is 15.4 Å². The standard InChI is InChI=1S/C19H21N3O2S2/c1-4-13(3)22-18(24)17-15(8-9-25-17)21-19(22)26-11-16(23)20-14-7-5-6-12(2)10-14/h5-10,13H,4,11H2,1-3H3,(H,20,23). The lowest BCUT2D eigenvalue weighted by Gasteiger charge is -2.17. The van der Waals surface area contributed by atoms with Gasteiger partial charge in [-0.25, -0.2) is 4.98 Å². The summed E-state index contributed by atoms with van der Waals surface area (Å²) in [6.07, 6.45) is 0.821. The first-order chi connectivity index (χ1) is 12.5. The molecule has 1 atom stereocenters. The number of thioether (sulfide) groups is 1. The number of thiophene rings is 1. The highest BCUT2D eigenvalue weighted by molar-refractivity contribution is 7.99. The van der Waals surface area contributed by atoms with Crippen molar-refractivity contribution in [2.75, 3.05) is 11.1 Å². The predicted molar refractivity (Wildman–Crippen MR) is 109 cm³/mol. The molecule has 3 aromatic rings. The fraction of sp³-hybridized carbons (Fsp3) is 0.316. The van der Waals surface area contributed by atoms with Crippen molar-refractivity contribution in [2.24, 2.45) is 0 Å². The molecule has 1 N–H and O–H groups in total. The highest BCUT2D eigenvalue weighted by Crippen LogP contribution is 2.24. The van der Waals surface area contributed by atoms with Gasteiger partial charge in [0.05, 0.1) is 11.3 Å². The van der Waals surface area contributed by atoms with Crippen molar-refractivity contribution in [2.45, 2.75) is 38.4 Å². The average molecular weight is 388 g/mol. The van der Waals surface area contributed by atoms with Crippen molar-refractivity contribution in [3.8, 4) is 0 Å². The lowest BCUT2D eigenvalue weighted by atomic mass is 10.2. The maximum absolute atomic E-state index is 12.8. The second-order valence-electron chi connectivity index (χ2n) is 6.17. The van der Waals surface area contributed by atoms with Gasteiger partial charge in [0, 0.05) is 11.7 Å². The molecule has 136 valence electrons. The van der Waals surface area contributed by atoms with Crippen molar-refractivity contribution >= 4 is 44.9 Å². The van der Waals surface area contributed by atoms with Gasteiger partial charge in [-0.05, 0) is 49.4 Å². The summed E-state index contributed by atoms with van der Waals surface area (Å²) < 4.78 is 2.38. The zero-order valence-electron chi connectivity index (χ0n) is 15.0. The molecule has 2 aromatic heterocycles. The molecule has 1 aromatic carbocycles. The summed E-state index contributed by atoms with van der Waals surface area (Å²) in [6.45, 7) is 6.02.